The van der Waals surface area contributed by atoms with E-state index in [1.807, 2.05) is 30.5 Å². The Balaban J connectivity index is 1.73. The van der Waals surface area contributed by atoms with Crippen molar-refractivity contribution < 1.29 is 0 Å². The smallest absolute Gasteiger partial charge is 0.143 e. The Morgan fingerprint density at radius 1 is 1.08 bits per heavy atom. The van der Waals surface area contributed by atoms with Crippen LogP contribution in [-0.4, -0.2) is 15.0 Å². The first-order valence-electron chi connectivity index (χ1n) is 8.08. The number of aryl methyl sites for hydroxylation is 1. The molecule has 124 valence electrons. The number of rotatable bonds is 4. The molecule has 0 aliphatic carbocycles. The van der Waals surface area contributed by atoms with E-state index in [9.17, 15) is 0 Å². The summed E-state index contributed by atoms with van der Waals surface area (Å²) in [5.41, 5.74) is 5.33. The quantitative estimate of drug-likeness (QED) is 0.533. The van der Waals surface area contributed by atoms with E-state index in [0.29, 0.717) is 11.6 Å². The zero-order valence-electron chi connectivity index (χ0n) is 13.8. The van der Waals surface area contributed by atoms with Crippen LogP contribution in [0.4, 0.5) is 5.82 Å². The van der Waals surface area contributed by atoms with E-state index in [-0.39, 0.29) is 0 Å². The van der Waals surface area contributed by atoms with Crippen LogP contribution in [-0.2, 0) is 6.54 Å². The molecule has 2 aromatic heterocycles. The largest absolute Gasteiger partial charge is 0.365 e. The summed E-state index contributed by atoms with van der Waals surface area (Å²) in [6.45, 7) is 2.80. The Bertz CT molecular complexity index is 1040. The number of nitrogens with zero attached hydrogens (tertiary/aromatic N) is 2. The van der Waals surface area contributed by atoms with Gasteiger partial charge < -0.3 is 10.3 Å². The van der Waals surface area contributed by atoms with Crippen molar-refractivity contribution in [3.8, 4) is 11.1 Å². The van der Waals surface area contributed by atoms with Crippen molar-refractivity contribution in [1.82, 2.24) is 15.0 Å². The van der Waals surface area contributed by atoms with Crippen LogP contribution >= 0.6 is 11.6 Å². The molecule has 2 N–H and O–H groups in total. The van der Waals surface area contributed by atoms with E-state index in [4.69, 9.17) is 11.6 Å². The number of halogens is 1. The molecule has 2 aromatic carbocycles. The minimum Gasteiger partial charge on any atom is -0.365 e. The van der Waals surface area contributed by atoms with Crippen molar-refractivity contribution in [2.45, 2.75) is 13.5 Å². The molecule has 4 rings (SSSR count). The monoisotopic (exact) mass is 348 g/mol. The number of H-pyrrole nitrogens is 1. The molecule has 0 unspecified atom stereocenters. The molecule has 0 amide bonds. The molecule has 4 aromatic rings. The van der Waals surface area contributed by atoms with Crippen LogP contribution in [0.25, 0.3) is 22.2 Å². The van der Waals surface area contributed by atoms with Crippen LogP contribution in [0.15, 0.2) is 61.1 Å². The van der Waals surface area contributed by atoms with E-state index in [2.05, 4.69) is 51.5 Å². The second kappa shape index (κ2) is 6.57. The lowest BCUT2D eigenvalue weighted by atomic mass is 10.1. The molecule has 2 heterocycles. The highest BCUT2D eigenvalue weighted by Crippen LogP contribution is 2.33. The van der Waals surface area contributed by atoms with Gasteiger partial charge in [-0.2, -0.15) is 0 Å². The highest BCUT2D eigenvalue weighted by molar-refractivity contribution is 6.31. The van der Waals surface area contributed by atoms with Crippen molar-refractivity contribution >= 4 is 28.5 Å². The van der Waals surface area contributed by atoms with Gasteiger partial charge in [0.2, 0.25) is 0 Å². The van der Waals surface area contributed by atoms with Gasteiger partial charge in [0, 0.05) is 23.3 Å². The average molecular weight is 349 g/mol. The molecule has 4 nitrogen and oxygen atoms in total. The summed E-state index contributed by atoms with van der Waals surface area (Å²) >= 11 is 6.15. The number of aromatic nitrogens is 3. The molecule has 0 saturated heterocycles. The van der Waals surface area contributed by atoms with Gasteiger partial charge in [-0.1, -0.05) is 53.6 Å². The Kier molecular flexibility index (Phi) is 4.12. The molecule has 25 heavy (non-hydrogen) atoms. The zero-order chi connectivity index (χ0) is 17.2. The maximum atomic E-state index is 6.15. The average Bonchev–Trinajstić information content (AvgIpc) is 3.05. The fourth-order valence-electron chi connectivity index (χ4n) is 2.99. The van der Waals surface area contributed by atoms with Crippen LogP contribution in [0.5, 0.6) is 0 Å². The fraction of sp³-hybridized carbons (Fsp3) is 0.100. The van der Waals surface area contributed by atoms with E-state index < -0.39 is 0 Å². The van der Waals surface area contributed by atoms with Crippen molar-refractivity contribution in [1.29, 1.82) is 0 Å². The van der Waals surface area contributed by atoms with Gasteiger partial charge >= 0.3 is 0 Å². The number of fused-ring (bicyclic) bond motifs is 1. The van der Waals surface area contributed by atoms with Crippen molar-refractivity contribution in [2.24, 2.45) is 0 Å². The first-order chi connectivity index (χ1) is 12.2. The van der Waals surface area contributed by atoms with E-state index in [1.54, 1.807) is 6.33 Å². The van der Waals surface area contributed by atoms with Gasteiger partial charge in [-0.15, -0.1) is 0 Å². The lowest BCUT2D eigenvalue weighted by Crippen LogP contribution is -2.02. The SMILES string of the molecule is Cc1cccc(CNc2ncnc3[nH]cc(-c4cccc(Cl)c4)c23)c1. The van der Waals surface area contributed by atoms with E-state index >= 15 is 0 Å². The van der Waals surface area contributed by atoms with E-state index in [0.717, 1.165) is 28.0 Å². The summed E-state index contributed by atoms with van der Waals surface area (Å²) in [4.78, 5) is 12.0. The molecule has 0 radical (unpaired) electrons. The summed E-state index contributed by atoms with van der Waals surface area (Å²) in [5.74, 6) is 0.808. The summed E-state index contributed by atoms with van der Waals surface area (Å²) < 4.78 is 0. The molecule has 0 bridgehead atoms. The molecule has 0 saturated carbocycles. The molecule has 0 aliphatic rings. The lowest BCUT2D eigenvalue weighted by molar-refractivity contribution is 1.10. The highest BCUT2D eigenvalue weighted by atomic mass is 35.5. The Hall–Kier alpha value is -2.85. The van der Waals surface area contributed by atoms with Gasteiger partial charge in [-0.3, -0.25) is 0 Å². The normalized spacial score (nSPS) is 11.0. The van der Waals surface area contributed by atoms with Gasteiger partial charge in [0.25, 0.3) is 0 Å². The number of anilines is 1. The first kappa shape index (κ1) is 15.7. The van der Waals surface area contributed by atoms with Gasteiger partial charge in [0.05, 0.1) is 5.39 Å². The molecule has 0 fully saturated rings. The predicted octanol–water partition coefficient (Wildman–Crippen LogP) is 5.20. The Morgan fingerprint density at radius 2 is 1.96 bits per heavy atom. The van der Waals surface area contributed by atoms with Crippen LogP contribution in [0, 0.1) is 6.92 Å². The predicted molar refractivity (Wildman–Crippen MR) is 103 cm³/mol. The second-order valence-corrected chi connectivity index (χ2v) is 6.44. The van der Waals surface area contributed by atoms with Gasteiger partial charge in [-0.25, -0.2) is 9.97 Å². The zero-order valence-corrected chi connectivity index (χ0v) is 14.5. The molecule has 0 atom stereocenters. The number of aromatic amines is 1. The molecular weight excluding hydrogens is 332 g/mol. The Labute approximate surface area is 150 Å². The molecule has 0 spiro atoms. The van der Waals surface area contributed by atoms with Crippen LogP contribution < -0.4 is 5.32 Å². The summed E-state index contributed by atoms with van der Waals surface area (Å²) in [7, 11) is 0. The third-order valence-corrected chi connectivity index (χ3v) is 4.38. The minimum absolute atomic E-state index is 0.702. The van der Waals surface area contributed by atoms with Crippen molar-refractivity contribution in [2.75, 3.05) is 5.32 Å². The fourth-order valence-corrected chi connectivity index (χ4v) is 3.18. The standard InChI is InChI=1S/C20H17ClN4/c1-13-4-2-5-14(8-13)10-22-19-18-17(11-23-20(18)25-12-24-19)15-6-3-7-16(21)9-15/h2-9,11-12H,10H2,1H3,(H2,22,23,24,25). The number of nitrogens with one attached hydrogen (secondary N) is 2. The summed E-state index contributed by atoms with van der Waals surface area (Å²) in [6, 6.07) is 16.2. The van der Waals surface area contributed by atoms with Gasteiger partial charge in [0.15, 0.2) is 0 Å². The van der Waals surface area contributed by atoms with Crippen LogP contribution in [0.2, 0.25) is 5.02 Å². The Morgan fingerprint density at radius 3 is 2.80 bits per heavy atom. The highest BCUT2D eigenvalue weighted by Gasteiger charge is 2.13. The van der Waals surface area contributed by atoms with Crippen molar-refractivity contribution in [3.05, 3.63) is 77.2 Å². The number of hydrogen-bond acceptors (Lipinski definition) is 3. The maximum Gasteiger partial charge on any atom is 0.143 e. The van der Waals surface area contributed by atoms with Crippen LogP contribution in [0.1, 0.15) is 11.1 Å². The third kappa shape index (κ3) is 3.21. The topological polar surface area (TPSA) is 53.6 Å². The lowest BCUT2D eigenvalue weighted by Gasteiger charge is -2.09. The van der Waals surface area contributed by atoms with Gasteiger partial charge in [-0.05, 0) is 30.2 Å². The van der Waals surface area contributed by atoms with Crippen LogP contribution in [0.3, 0.4) is 0 Å². The minimum atomic E-state index is 0.702. The maximum absolute atomic E-state index is 6.15. The molecule has 0 aliphatic heterocycles. The molecular formula is C20H17ClN4. The summed E-state index contributed by atoms with van der Waals surface area (Å²) in [6.07, 6.45) is 3.52. The van der Waals surface area contributed by atoms with Gasteiger partial charge in [0.1, 0.15) is 17.8 Å². The number of hydrogen-bond donors (Lipinski definition) is 2. The first-order valence-corrected chi connectivity index (χ1v) is 8.46. The van der Waals surface area contributed by atoms with E-state index in [1.165, 1.54) is 11.1 Å². The molecule has 5 heteroatoms. The van der Waals surface area contributed by atoms with Crippen molar-refractivity contribution in [3.63, 3.8) is 0 Å². The second-order valence-electron chi connectivity index (χ2n) is 6.00. The number of benzene rings is 2. The third-order valence-electron chi connectivity index (χ3n) is 4.15. The summed E-state index contributed by atoms with van der Waals surface area (Å²) in [5, 5.41) is 5.11.